The molecule has 0 spiro atoms. The van der Waals surface area contributed by atoms with Crippen LogP contribution in [0.5, 0.6) is 0 Å². The summed E-state index contributed by atoms with van der Waals surface area (Å²) in [5.41, 5.74) is 0. The first-order chi connectivity index (χ1) is 7.29. The van der Waals surface area contributed by atoms with Crippen LogP contribution in [0.1, 0.15) is 27.7 Å². The number of rotatable bonds is 8. The molecule has 2 atom stereocenters. The summed E-state index contributed by atoms with van der Waals surface area (Å²) in [5, 5.41) is 2.73. The van der Waals surface area contributed by atoms with Crippen LogP contribution in [0.15, 0.2) is 0 Å². The van der Waals surface area contributed by atoms with Gasteiger partial charge >= 0.3 is 0 Å². The van der Waals surface area contributed by atoms with Crippen molar-refractivity contribution in [3.8, 4) is 0 Å². The van der Waals surface area contributed by atoms with E-state index in [4.69, 9.17) is 0 Å². The van der Waals surface area contributed by atoms with Crippen LogP contribution < -0.4 is 10.0 Å². The predicted molar refractivity (Wildman–Crippen MR) is 72.5 cm³/mol. The van der Waals surface area contributed by atoms with E-state index in [9.17, 15) is 8.42 Å². The molecule has 0 amide bonds. The lowest BCUT2D eigenvalue weighted by molar-refractivity contribution is 0.534. The van der Waals surface area contributed by atoms with E-state index >= 15 is 0 Å². The topological polar surface area (TPSA) is 58.2 Å². The first kappa shape index (κ1) is 16.2. The highest BCUT2D eigenvalue weighted by Crippen LogP contribution is 2.03. The molecular formula is C10H24N2O2S2. The van der Waals surface area contributed by atoms with Gasteiger partial charge in [0, 0.05) is 24.4 Å². The zero-order valence-electron chi connectivity index (χ0n) is 10.8. The van der Waals surface area contributed by atoms with E-state index in [1.807, 2.05) is 27.0 Å². The second-order valence-corrected chi connectivity index (χ2v) is 7.43. The lowest BCUT2D eigenvalue weighted by Gasteiger charge is -2.19. The lowest BCUT2D eigenvalue weighted by Crippen LogP contribution is -2.44. The average Bonchev–Trinajstić information content (AvgIpc) is 2.13. The molecule has 0 aromatic carbocycles. The lowest BCUT2D eigenvalue weighted by atomic mass is 10.3. The third-order valence-electron chi connectivity index (χ3n) is 2.13. The maximum absolute atomic E-state index is 11.9. The quantitative estimate of drug-likeness (QED) is 0.691. The Bertz CT molecular complexity index is 279. The van der Waals surface area contributed by atoms with Gasteiger partial charge in [0.15, 0.2) is 0 Å². The Hall–Kier alpha value is 0.220. The van der Waals surface area contributed by atoms with E-state index in [2.05, 4.69) is 10.0 Å². The highest BCUT2D eigenvalue weighted by molar-refractivity contribution is 7.98. The first-order valence-corrected chi connectivity index (χ1v) is 8.47. The predicted octanol–water partition coefficient (Wildman–Crippen LogP) is 1.04. The molecule has 2 N–H and O–H groups in total. The number of hydrogen-bond donors (Lipinski definition) is 2. The summed E-state index contributed by atoms with van der Waals surface area (Å²) in [5.74, 6) is 0.795. The molecular weight excluding hydrogens is 244 g/mol. The van der Waals surface area contributed by atoms with Crippen molar-refractivity contribution < 1.29 is 8.42 Å². The van der Waals surface area contributed by atoms with Crippen molar-refractivity contribution >= 4 is 21.8 Å². The highest BCUT2D eigenvalue weighted by atomic mass is 32.2. The van der Waals surface area contributed by atoms with Gasteiger partial charge in [-0.1, -0.05) is 13.8 Å². The van der Waals surface area contributed by atoms with Crippen molar-refractivity contribution in [2.24, 2.45) is 0 Å². The van der Waals surface area contributed by atoms with Crippen LogP contribution >= 0.6 is 11.8 Å². The summed E-state index contributed by atoms with van der Waals surface area (Å²) in [6.07, 6.45) is 1.97. The molecule has 0 saturated carbocycles. The molecule has 0 aliphatic carbocycles. The van der Waals surface area contributed by atoms with Crippen molar-refractivity contribution in [3.63, 3.8) is 0 Å². The molecule has 0 fully saturated rings. The molecule has 98 valence electrons. The van der Waals surface area contributed by atoms with E-state index in [1.54, 1.807) is 18.7 Å². The molecule has 0 radical (unpaired) electrons. The standard InChI is InChI=1S/C10H24N2O2S2/c1-8(2)11-6-10(4)16(13,14)12-9(3)7-15-5/h8-12H,6-7H2,1-5H3. The van der Waals surface area contributed by atoms with Crippen LogP contribution in [0, 0.1) is 0 Å². The zero-order valence-corrected chi connectivity index (χ0v) is 12.4. The molecule has 0 rings (SSSR count). The molecule has 0 saturated heterocycles. The Morgan fingerprint density at radius 1 is 1.19 bits per heavy atom. The molecule has 0 aliphatic heterocycles. The van der Waals surface area contributed by atoms with Crippen LogP contribution in [0.25, 0.3) is 0 Å². The minimum Gasteiger partial charge on any atom is -0.313 e. The monoisotopic (exact) mass is 268 g/mol. The summed E-state index contributed by atoms with van der Waals surface area (Å²) in [6.45, 7) is 8.10. The van der Waals surface area contributed by atoms with Gasteiger partial charge in [-0.25, -0.2) is 13.1 Å². The maximum Gasteiger partial charge on any atom is 0.215 e. The summed E-state index contributed by atoms with van der Waals surface area (Å²) in [7, 11) is -3.20. The van der Waals surface area contributed by atoms with Gasteiger partial charge in [-0.3, -0.25) is 0 Å². The van der Waals surface area contributed by atoms with Gasteiger partial charge in [-0.15, -0.1) is 0 Å². The van der Waals surface area contributed by atoms with Gasteiger partial charge in [-0.2, -0.15) is 11.8 Å². The number of sulfonamides is 1. The SMILES string of the molecule is CSCC(C)NS(=O)(=O)C(C)CNC(C)C. The summed E-state index contributed by atoms with van der Waals surface area (Å²) in [6, 6.07) is 0.294. The van der Waals surface area contributed by atoms with Gasteiger partial charge in [0.05, 0.1) is 5.25 Å². The van der Waals surface area contributed by atoms with Crippen molar-refractivity contribution in [2.75, 3.05) is 18.6 Å². The summed E-state index contributed by atoms with van der Waals surface area (Å²) in [4.78, 5) is 0. The van der Waals surface area contributed by atoms with Crippen LogP contribution in [-0.2, 0) is 10.0 Å². The van der Waals surface area contributed by atoms with Crippen LogP contribution in [-0.4, -0.2) is 44.3 Å². The Morgan fingerprint density at radius 3 is 2.19 bits per heavy atom. The number of nitrogens with one attached hydrogen (secondary N) is 2. The van der Waals surface area contributed by atoms with E-state index in [1.165, 1.54) is 0 Å². The second kappa shape index (κ2) is 7.53. The van der Waals surface area contributed by atoms with Gasteiger partial charge in [0.2, 0.25) is 10.0 Å². The molecule has 0 aromatic rings. The minimum atomic E-state index is -3.20. The minimum absolute atomic E-state index is 0.0125. The molecule has 0 aromatic heterocycles. The average molecular weight is 268 g/mol. The molecule has 6 heteroatoms. The largest absolute Gasteiger partial charge is 0.313 e. The van der Waals surface area contributed by atoms with Crippen molar-refractivity contribution in [3.05, 3.63) is 0 Å². The fourth-order valence-corrected chi connectivity index (χ4v) is 3.07. The van der Waals surface area contributed by atoms with E-state index in [-0.39, 0.29) is 6.04 Å². The first-order valence-electron chi connectivity index (χ1n) is 5.53. The normalized spacial score (nSPS) is 16.4. The fourth-order valence-electron chi connectivity index (χ4n) is 1.19. The number of hydrogen-bond acceptors (Lipinski definition) is 4. The molecule has 2 unspecified atom stereocenters. The molecule has 0 bridgehead atoms. The maximum atomic E-state index is 11.9. The third kappa shape index (κ3) is 6.73. The van der Waals surface area contributed by atoms with Crippen LogP contribution in [0.4, 0.5) is 0 Å². The van der Waals surface area contributed by atoms with Gasteiger partial charge in [0.1, 0.15) is 0 Å². The second-order valence-electron chi connectivity index (χ2n) is 4.39. The fraction of sp³-hybridized carbons (Fsp3) is 1.00. The third-order valence-corrected chi connectivity index (χ3v) is 4.92. The molecule has 0 aliphatic rings. The van der Waals surface area contributed by atoms with Crippen molar-refractivity contribution in [1.29, 1.82) is 0 Å². The molecule has 4 nitrogen and oxygen atoms in total. The van der Waals surface area contributed by atoms with Crippen LogP contribution in [0.2, 0.25) is 0 Å². The highest BCUT2D eigenvalue weighted by Gasteiger charge is 2.22. The Kier molecular flexibility index (Phi) is 7.63. The van der Waals surface area contributed by atoms with Crippen molar-refractivity contribution in [2.45, 2.75) is 45.0 Å². The van der Waals surface area contributed by atoms with E-state index in [0.29, 0.717) is 12.6 Å². The number of thioether (sulfide) groups is 1. The van der Waals surface area contributed by atoms with E-state index < -0.39 is 15.3 Å². The van der Waals surface area contributed by atoms with Gasteiger partial charge < -0.3 is 5.32 Å². The summed E-state index contributed by atoms with van der Waals surface area (Å²) >= 11 is 1.64. The van der Waals surface area contributed by atoms with Gasteiger partial charge in [0.25, 0.3) is 0 Å². The van der Waals surface area contributed by atoms with E-state index in [0.717, 1.165) is 5.75 Å². The Morgan fingerprint density at radius 2 is 1.75 bits per heavy atom. The van der Waals surface area contributed by atoms with Gasteiger partial charge in [-0.05, 0) is 20.1 Å². The van der Waals surface area contributed by atoms with Crippen molar-refractivity contribution in [1.82, 2.24) is 10.0 Å². The summed E-state index contributed by atoms with van der Waals surface area (Å²) < 4.78 is 26.4. The Labute approximate surface area is 104 Å². The smallest absolute Gasteiger partial charge is 0.215 e. The zero-order chi connectivity index (χ0) is 12.8. The molecule has 0 heterocycles. The molecule has 16 heavy (non-hydrogen) atoms. The Balaban J connectivity index is 4.20. The van der Waals surface area contributed by atoms with Crippen LogP contribution in [0.3, 0.4) is 0 Å².